The predicted molar refractivity (Wildman–Crippen MR) is 39.8 cm³/mol. The molecule has 0 aromatic rings. The summed E-state index contributed by atoms with van der Waals surface area (Å²) < 4.78 is 0. The van der Waals surface area contributed by atoms with Gasteiger partial charge in [-0.15, -0.1) is 0 Å². The van der Waals surface area contributed by atoms with Crippen LogP contribution in [0.3, 0.4) is 0 Å². The highest BCUT2D eigenvalue weighted by molar-refractivity contribution is 6.24. The number of hydrogen-bond acceptors (Lipinski definition) is 3. The number of imide groups is 3. The molecule has 0 aromatic carbocycles. The molecule has 0 atom stereocenters. The van der Waals surface area contributed by atoms with E-state index in [1.165, 1.54) is 0 Å². The highest BCUT2D eigenvalue weighted by Gasteiger charge is 2.33. The number of hydrogen-bond donors (Lipinski definition) is 1. The maximum absolute atomic E-state index is 11.1. The molecule has 0 unspecified atom stereocenters. The first kappa shape index (κ1) is 8.45. The van der Waals surface area contributed by atoms with E-state index >= 15 is 0 Å². The minimum absolute atomic E-state index is 0.318. The van der Waals surface area contributed by atoms with Crippen LogP contribution in [0.2, 0.25) is 0 Å². The van der Waals surface area contributed by atoms with Crippen molar-refractivity contribution in [2.45, 2.75) is 13.3 Å². The third-order valence-corrected chi connectivity index (χ3v) is 1.60. The summed E-state index contributed by atoms with van der Waals surface area (Å²) in [5, 5.41) is 0. The lowest BCUT2D eigenvalue weighted by Crippen LogP contribution is -2.40. The minimum Gasteiger partial charge on any atom is -0.351 e. The van der Waals surface area contributed by atoms with Gasteiger partial charge in [0.15, 0.2) is 0 Å². The molecule has 5 nitrogen and oxygen atoms in total. The SMILES string of the molecule is CCC1=CC(=O)N(C(N)=O)C1=O. The fourth-order valence-electron chi connectivity index (χ4n) is 0.981. The van der Waals surface area contributed by atoms with Gasteiger partial charge in [-0.1, -0.05) is 6.92 Å². The first-order chi connectivity index (χ1) is 5.57. The third kappa shape index (κ3) is 1.09. The molecule has 1 heterocycles. The highest BCUT2D eigenvalue weighted by atomic mass is 16.2. The van der Waals surface area contributed by atoms with Crippen molar-refractivity contribution in [2.24, 2.45) is 5.73 Å². The molecule has 0 bridgehead atoms. The zero-order valence-electron chi connectivity index (χ0n) is 6.53. The average Bonchev–Trinajstić information content (AvgIpc) is 2.25. The molecule has 12 heavy (non-hydrogen) atoms. The summed E-state index contributed by atoms with van der Waals surface area (Å²) in [4.78, 5) is 33.0. The highest BCUT2D eigenvalue weighted by Crippen LogP contribution is 2.14. The molecular formula is C7H8N2O3. The summed E-state index contributed by atoms with van der Waals surface area (Å²) in [6, 6.07) is -1.02. The zero-order valence-corrected chi connectivity index (χ0v) is 6.53. The lowest BCUT2D eigenvalue weighted by molar-refractivity contribution is -0.133. The van der Waals surface area contributed by atoms with Gasteiger partial charge < -0.3 is 5.73 Å². The molecule has 1 rings (SSSR count). The molecule has 0 radical (unpaired) electrons. The number of nitrogens with zero attached hydrogens (tertiary/aromatic N) is 1. The minimum atomic E-state index is -1.02. The smallest absolute Gasteiger partial charge is 0.328 e. The number of nitrogens with two attached hydrogens (primary N) is 1. The Morgan fingerprint density at radius 1 is 1.58 bits per heavy atom. The van der Waals surface area contributed by atoms with E-state index in [1.54, 1.807) is 6.92 Å². The number of rotatable bonds is 1. The van der Waals surface area contributed by atoms with Gasteiger partial charge in [-0.05, 0) is 6.42 Å². The molecule has 0 aromatic heterocycles. The monoisotopic (exact) mass is 168 g/mol. The third-order valence-electron chi connectivity index (χ3n) is 1.60. The van der Waals surface area contributed by atoms with E-state index in [4.69, 9.17) is 5.73 Å². The standard InChI is InChI=1S/C7H8N2O3/c1-2-4-3-5(10)9(6(4)11)7(8)12/h3H,2H2,1H3,(H2,8,12). The first-order valence-corrected chi connectivity index (χ1v) is 3.46. The maximum atomic E-state index is 11.1. The molecule has 4 amide bonds. The summed E-state index contributed by atoms with van der Waals surface area (Å²) in [5.41, 5.74) is 5.13. The Labute approximate surface area is 68.8 Å². The number of carbonyl (C=O) groups is 3. The molecular weight excluding hydrogens is 160 g/mol. The van der Waals surface area contributed by atoms with Crippen molar-refractivity contribution in [3.05, 3.63) is 11.6 Å². The molecule has 1 aliphatic heterocycles. The fourth-order valence-corrected chi connectivity index (χ4v) is 0.981. The van der Waals surface area contributed by atoms with Crippen molar-refractivity contribution in [3.63, 3.8) is 0 Å². The number of carbonyl (C=O) groups excluding carboxylic acids is 3. The molecule has 0 aliphatic carbocycles. The van der Waals surface area contributed by atoms with Crippen molar-refractivity contribution >= 4 is 17.8 Å². The molecule has 2 N–H and O–H groups in total. The molecule has 0 fully saturated rings. The zero-order chi connectivity index (χ0) is 9.30. The van der Waals surface area contributed by atoms with Gasteiger partial charge in [0.2, 0.25) is 0 Å². The quantitative estimate of drug-likeness (QED) is 0.549. The van der Waals surface area contributed by atoms with Crippen molar-refractivity contribution in [3.8, 4) is 0 Å². The van der Waals surface area contributed by atoms with Crippen LogP contribution in [0.1, 0.15) is 13.3 Å². The van der Waals surface area contributed by atoms with Crippen LogP contribution in [-0.4, -0.2) is 22.7 Å². The van der Waals surface area contributed by atoms with Crippen LogP contribution < -0.4 is 5.73 Å². The van der Waals surface area contributed by atoms with E-state index < -0.39 is 17.8 Å². The van der Waals surface area contributed by atoms with Crippen molar-refractivity contribution in [1.82, 2.24) is 4.90 Å². The normalized spacial score (nSPS) is 16.8. The van der Waals surface area contributed by atoms with E-state index in [9.17, 15) is 14.4 Å². The van der Waals surface area contributed by atoms with E-state index in [2.05, 4.69) is 0 Å². The van der Waals surface area contributed by atoms with Gasteiger partial charge in [0.1, 0.15) is 0 Å². The Kier molecular flexibility index (Phi) is 1.95. The fraction of sp³-hybridized carbons (Fsp3) is 0.286. The lowest BCUT2D eigenvalue weighted by atomic mass is 10.2. The van der Waals surface area contributed by atoms with Crippen molar-refractivity contribution in [2.75, 3.05) is 0 Å². The summed E-state index contributed by atoms with van der Waals surface area (Å²) in [5.74, 6) is -1.25. The van der Waals surface area contributed by atoms with Crippen molar-refractivity contribution in [1.29, 1.82) is 0 Å². The van der Waals surface area contributed by atoms with Crippen molar-refractivity contribution < 1.29 is 14.4 Å². The van der Waals surface area contributed by atoms with E-state index in [0.717, 1.165) is 6.08 Å². The summed E-state index contributed by atoms with van der Waals surface area (Å²) in [6.45, 7) is 1.72. The Hall–Kier alpha value is -1.65. The Balaban J connectivity index is 2.95. The summed E-state index contributed by atoms with van der Waals surface area (Å²) >= 11 is 0. The van der Waals surface area contributed by atoms with Gasteiger partial charge in [-0.3, -0.25) is 9.59 Å². The summed E-state index contributed by atoms with van der Waals surface area (Å²) in [6.07, 6.45) is 1.56. The van der Waals surface area contributed by atoms with Crippen LogP contribution >= 0.6 is 0 Å². The molecule has 64 valence electrons. The van der Waals surface area contributed by atoms with Gasteiger partial charge in [0.25, 0.3) is 11.8 Å². The molecule has 1 aliphatic rings. The topological polar surface area (TPSA) is 80.5 Å². The van der Waals surface area contributed by atoms with Gasteiger partial charge >= 0.3 is 6.03 Å². The maximum Gasteiger partial charge on any atom is 0.328 e. The predicted octanol–water partition coefficient (Wildman–Crippen LogP) is -0.230. The molecule has 5 heteroatoms. The molecule has 0 saturated carbocycles. The Morgan fingerprint density at radius 2 is 2.17 bits per heavy atom. The Morgan fingerprint density at radius 3 is 2.42 bits per heavy atom. The number of amides is 4. The van der Waals surface area contributed by atoms with Gasteiger partial charge in [-0.2, -0.15) is 4.90 Å². The van der Waals surface area contributed by atoms with Gasteiger partial charge in [0, 0.05) is 11.6 Å². The molecule has 0 spiro atoms. The summed E-state index contributed by atoms with van der Waals surface area (Å²) in [7, 11) is 0. The second-order valence-electron chi connectivity index (χ2n) is 2.34. The Bertz CT molecular complexity index is 293. The van der Waals surface area contributed by atoms with Crippen LogP contribution in [0.4, 0.5) is 4.79 Å². The van der Waals surface area contributed by atoms with Crippen LogP contribution in [-0.2, 0) is 9.59 Å². The van der Waals surface area contributed by atoms with Crippen LogP contribution in [0.25, 0.3) is 0 Å². The first-order valence-electron chi connectivity index (χ1n) is 3.46. The molecule has 0 saturated heterocycles. The number of primary amides is 1. The van der Waals surface area contributed by atoms with E-state index in [0.29, 0.717) is 16.9 Å². The largest absolute Gasteiger partial charge is 0.351 e. The van der Waals surface area contributed by atoms with E-state index in [-0.39, 0.29) is 0 Å². The van der Waals surface area contributed by atoms with E-state index in [1.807, 2.05) is 0 Å². The van der Waals surface area contributed by atoms with Crippen LogP contribution in [0.5, 0.6) is 0 Å². The van der Waals surface area contributed by atoms with Gasteiger partial charge in [0.05, 0.1) is 0 Å². The van der Waals surface area contributed by atoms with Crippen LogP contribution in [0.15, 0.2) is 11.6 Å². The second-order valence-corrected chi connectivity index (χ2v) is 2.34. The second kappa shape index (κ2) is 2.77. The van der Waals surface area contributed by atoms with Crippen LogP contribution in [0, 0.1) is 0 Å². The average molecular weight is 168 g/mol. The van der Waals surface area contributed by atoms with Gasteiger partial charge in [-0.25, -0.2) is 4.79 Å². The number of urea groups is 1. The lowest BCUT2D eigenvalue weighted by Gasteiger charge is -2.07.